The molecule has 0 unspecified atom stereocenters. The number of nitrogens with one attached hydrogen (secondary N) is 3. The number of carbonyl (C=O) groups is 2. The maximum Gasteiger partial charge on any atom is 0.323 e. The molecule has 3 amide bonds. The lowest BCUT2D eigenvalue weighted by atomic mass is 10.1. The third kappa shape index (κ3) is 5.51. The van der Waals surface area contributed by atoms with Crippen molar-refractivity contribution in [2.45, 2.75) is 6.92 Å². The summed E-state index contributed by atoms with van der Waals surface area (Å²) in [4.78, 5) is 24.3. The minimum absolute atomic E-state index is 0.294. The van der Waals surface area contributed by atoms with Crippen molar-refractivity contribution in [1.29, 1.82) is 0 Å². The number of rotatable bonds is 5. The number of halogens is 2. The molecule has 0 aromatic heterocycles. The van der Waals surface area contributed by atoms with Gasteiger partial charge in [-0.3, -0.25) is 4.79 Å². The molecule has 0 saturated carbocycles. The highest BCUT2D eigenvalue weighted by atomic mass is 19.1. The molecule has 3 aromatic carbocycles. The van der Waals surface area contributed by atoms with E-state index in [1.807, 2.05) is 6.07 Å². The molecule has 0 atom stereocenters. The van der Waals surface area contributed by atoms with Crippen LogP contribution in [0, 0.1) is 18.6 Å². The van der Waals surface area contributed by atoms with Crippen LogP contribution in [0.25, 0.3) is 6.08 Å². The van der Waals surface area contributed by atoms with Crippen LogP contribution in [-0.4, -0.2) is 11.9 Å². The fourth-order valence-electron chi connectivity index (χ4n) is 2.65. The fourth-order valence-corrected chi connectivity index (χ4v) is 2.65. The van der Waals surface area contributed by atoms with Crippen LogP contribution in [0.1, 0.15) is 11.1 Å². The number of aryl methyl sites for hydroxylation is 1. The average molecular weight is 407 g/mol. The zero-order valence-corrected chi connectivity index (χ0v) is 16.1. The predicted octanol–water partition coefficient (Wildman–Crippen LogP) is 5.57. The zero-order valence-electron chi connectivity index (χ0n) is 16.1. The Morgan fingerprint density at radius 3 is 2.17 bits per heavy atom. The molecule has 0 bridgehead atoms. The molecule has 0 fully saturated rings. The van der Waals surface area contributed by atoms with Crippen molar-refractivity contribution in [3.63, 3.8) is 0 Å². The lowest BCUT2D eigenvalue weighted by molar-refractivity contribution is -0.111. The number of benzene rings is 3. The summed E-state index contributed by atoms with van der Waals surface area (Å²) in [5, 5.41) is 8.02. The van der Waals surface area contributed by atoms with Crippen molar-refractivity contribution in [2.75, 3.05) is 16.0 Å². The first-order valence-electron chi connectivity index (χ1n) is 9.09. The Hall–Kier alpha value is -4.00. The van der Waals surface area contributed by atoms with E-state index in [0.29, 0.717) is 17.1 Å². The van der Waals surface area contributed by atoms with E-state index in [9.17, 15) is 18.4 Å². The minimum atomic E-state index is -0.758. The Kier molecular flexibility index (Phi) is 6.54. The van der Waals surface area contributed by atoms with E-state index in [-0.39, 0.29) is 5.56 Å². The van der Waals surface area contributed by atoms with Gasteiger partial charge in [-0.2, -0.15) is 0 Å². The van der Waals surface area contributed by atoms with E-state index in [2.05, 4.69) is 16.0 Å². The van der Waals surface area contributed by atoms with Crippen LogP contribution in [0.5, 0.6) is 0 Å². The number of hydrogen-bond donors (Lipinski definition) is 3. The highest BCUT2D eigenvalue weighted by molar-refractivity contribution is 6.04. The smallest absolute Gasteiger partial charge is 0.322 e. The average Bonchev–Trinajstić information content (AvgIpc) is 2.71. The summed E-state index contributed by atoms with van der Waals surface area (Å²) >= 11 is 0. The molecule has 5 nitrogen and oxygen atoms in total. The van der Waals surface area contributed by atoms with Crippen LogP contribution in [0.15, 0.2) is 72.8 Å². The summed E-state index contributed by atoms with van der Waals surface area (Å²) in [6, 6.07) is 17.0. The first-order valence-corrected chi connectivity index (χ1v) is 9.09. The molecule has 0 aliphatic carbocycles. The maximum atomic E-state index is 13.7. The van der Waals surface area contributed by atoms with Gasteiger partial charge >= 0.3 is 6.03 Å². The summed E-state index contributed by atoms with van der Waals surface area (Å²) < 4.78 is 27.3. The Labute approximate surface area is 172 Å². The largest absolute Gasteiger partial charge is 0.323 e. The predicted molar refractivity (Wildman–Crippen MR) is 114 cm³/mol. The van der Waals surface area contributed by atoms with E-state index >= 15 is 0 Å². The van der Waals surface area contributed by atoms with Gasteiger partial charge in [-0.05, 0) is 55.0 Å². The zero-order chi connectivity index (χ0) is 21.5. The van der Waals surface area contributed by atoms with Crippen LogP contribution in [0.2, 0.25) is 0 Å². The van der Waals surface area contributed by atoms with Gasteiger partial charge in [-0.25, -0.2) is 13.6 Å². The molecule has 152 valence electrons. The monoisotopic (exact) mass is 407 g/mol. The number of anilines is 3. The van der Waals surface area contributed by atoms with Crippen LogP contribution < -0.4 is 16.0 Å². The van der Waals surface area contributed by atoms with Crippen molar-refractivity contribution in [3.05, 3.63) is 95.6 Å². The summed E-state index contributed by atoms with van der Waals surface area (Å²) in [5.41, 5.74) is 2.02. The molecule has 0 aliphatic rings. The topological polar surface area (TPSA) is 70.2 Å². The molecule has 0 saturated heterocycles. The highest BCUT2D eigenvalue weighted by Gasteiger charge is 2.08. The van der Waals surface area contributed by atoms with Gasteiger partial charge < -0.3 is 16.0 Å². The van der Waals surface area contributed by atoms with Gasteiger partial charge in [0.15, 0.2) is 0 Å². The molecule has 7 heteroatoms. The number of amides is 3. The van der Waals surface area contributed by atoms with Crippen LogP contribution >= 0.6 is 0 Å². The molecule has 0 radical (unpaired) electrons. The molecule has 0 aliphatic heterocycles. The van der Waals surface area contributed by atoms with Crippen molar-refractivity contribution < 1.29 is 18.4 Å². The minimum Gasteiger partial charge on any atom is -0.322 e. The number of carbonyl (C=O) groups excluding carboxylic acids is 2. The lowest BCUT2D eigenvalue weighted by Crippen LogP contribution is -2.19. The Balaban J connectivity index is 1.67. The molecule has 3 aromatic rings. The Morgan fingerprint density at radius 1 is 0.800 bits per heavy atom. The van der Waals surface area contributed by atoms with E-state index in [1.54, 1.807) is 49.4 Å². The summed E-state index contributed by atoms with van der Waals surface area (Å²) in [6.45, 7) is 1.78. The summed E-state index contributed by atoms with van der Waals surface area (Å²) in [5.74, 6) is -2.08. The van der Waals surface area contributed by atoms with Crippen LogP contribution in [-0.2, 0) is 4.79 Å². The molecule has 0 heterocycles. The first kappa shape index (κ1) is 20.7. The number of hydrogen-bond acceptors (Lipinski definition) is 2. The molecular weight excluding hydrogens is 388 g/mol. The second-order valence-electron chi connectivity index (χ2n) is 6.43. The van der Waals surface area contributed by atoms with Crippen molar-refractivity contribution in [2.24, 2.45) is 0 Å². The van der Waals surface area contributed by atoms with Crippen molar-refractivity contribution in [3.8, 4) is 0 Å². The normalized spacial score (nSPS) is 10.6. The van der Waals surface area contributed by atoms with Crippen LogP contribution in [0.3, 0.4) is 0 Å². The Bertz CT molecular complexity index is 1080. The summed E-state index contributed by atoms with van der Waals surface area (Å²) in [6.07, 6.45) is 2.12. The van der Waals surface area contributed by atoms with Gasteiger partial charge in [0.05, 0.1) is 0 Å². The molecular formula is C23H19F2N3O2. The van der Waals surface area contributed by atoms with Crippen molar-refractivity contribution >= 4 is 35.1 Å². The second kappa shape index (κ2) is 9.47. The lowest BCUT2D eigenvalue weighted by Gasteiger charge is -2.11. The molecule has 30 heavy (non-hydrogen) atoms. The van der Waals surface area contributed by atoms with Gasteiger partial charge in [-0.15, -0.1) is 0 Å². The Morgan fingerprint density at radius 2 is 1.47 bits per heavy atom. The van der Waals surface area contributed by atoms with Crippen molar-refractivity contribution in [1.82, 2.24) is 0 Å². The molecule has 0 spiro atoms. The van der Waals surface area contributed by atoms with Gasteiger partial charge in [0.25, 0.3) is 0 Å². The standard InChI is InChI=1S/C23H19F2N3O2/c1-15-10-11-17(27-23(30)26-16-6-3-2-4-7-16)14-21(15)28-22(29)13-12-18-19(24)8-5-9-20(18)25/h2-14H,1H3,(H,28,29)(H2,26,27,30)/b13-12+. The molecule has 3 N–H and O–H groups in total. The van der Waals surface area contributed by atoms with Gasteiger partial charge in [0.1, 0.15) is 11.6 Å². The fraction of sp³-hybridized carbons (Fsp3) is 0.0435. The van der Waals surface area contributed by atoms with Gasteiger partial charge in [0.2, 0.25) is 5.91 Å². The first-order chi connectivity index (χ1) is 14.4. The van der Waals surface area contributed by atoms with E-state index in [4.69, 9.17) is 0 Å². The SMILES string of the molecule is Cc1ccc(NC(=O)Nc2ccccc2)cc1NC(=O)/C=C/c1c(F)cccc1F. The second-order valence-corrected chi connectivity index (χ2v) is 6.43. The molecule has 3 rings (SSSR count). The van der Waals surface area contributed by atoms with E-state index < -0.39 is 23.6 Å². The van der Waals surface area contributed by atoms with Crippen LogP contribution in [0.4, 0.5) is 30.6 Å². The van der Waals surface area contributed by atoms with Gasteiger partial charge in [-0.1, -0.05) is 30.3 Å². The highest BCUT2D eigenvalue weighted by Crippen LogP contribution is 2.21. The summed E-state index contributed by atoms with van der Waals surface area (Å²) in [7, 11) is 0. The third-order valence-electron chi connectivity index (χ3n) is 4.19. The van der Waals surface area contributed by atoms with Gasteiger partial charge in [0, 0.05) is 28.7 Å². The van der Waals surface area contributed by atoms with E-state index in [0.717, 1.165) is 29.8 Å². The third-order valence-corrected chi connectivity index (χ3v) is 4.19. The van der Waals surface area contributed by atoms with E-state index in [1.165, 1.54) is 6.07 Å². The number of para-hydroxylation sites is 1. The maximum absolute atomic E-state index is 13.7. The number of urea groups is 1. The quantitative estimate of drug-likeness (QED) is 0.484.